The number of hydrogen-bond donors (Lipinski definition) is 1. The Morgan fingerprint density at radius 1 is 1.18 bits per heavy atom. The molecule has 0 saturated carbocycles. The number of hydrogen-bond acceptors (Lipinski definition) is 4. The quantitative estimate of drug-likeness (QED) is 0.451. The van der Waals surface area contributed by atoms with E-state index < -0.39 is 41.8 Å². The highest BCUT2D eigenvalue weighted by molar-refractivity contribution is 5.91. The van der Waals surface area contributed by atoms with Crippen LogP contribution in [0.1, 0.15) is 61.3 Å². The Morgan fingerprint density at radius 2 is 1.88 bits per heavy atom. The molecule has 0 saturated heterocycles. The number of nitrogens with zero attached hydrogens (tertiary/aromatic N) is 3. The molecule has 4 rings (SSSR count). The smallest absolute Gasteiger partial charge is 0.277 e. The lowest BCUT2D eigenvalue weighted by atomic mass is 9.93. The molecule has 180 valence electrons. The normalized spacial score (nSPS) is 16.6. The molecule has 5 nitrogen and oxygen atoms in total. The lowest BCUT2D eigenvalue weighted by Crippen LogP contribution is -2.24. The first kappa shape index (κ1) is 23.8. The molecule has 3 aromatic rings. The minimum atomic E-state index is -2.96. The fourth-order valence-corrected chi connectivity index (χ4v) is 4.18. The standard InChI is InChI=1S/C24H23F5N4O/c1-12(15-5-4-6-16(19(15)25)21(26)27)30-22-17-11-18(14-7-9-24(28,29)10-8-14)33(3)23(34)20(17)31-13(2)32-22/h4-7,11-12,21H,8-10H2,1-3H3,(H,30,31,32)/t12-/m1/s1. The van der Waals surface area contributed by atoms with Crippen LogP contribution in [-0.4, -0.2) is 20.5 Å². The van der Waals surface area contributed by atoms with Crippen molar-refractivity contribution in [1.82, 2.24) is 14.5 Å². The van der Waals surface area contributed by atoms with Gasteiger partial charge in [-0.15, -0.1) is 0 Å². The van der Waals surface area contributed by atoms with E-state index in [0.717, 1.165) is 6.07 Å². The van der Waals surface area contributed by atoms with Gasteiger partial charge in [-0.25, -0.2) is 31.9 Å². The van der Waals surface area contributed by atoms with Crippen LogP contribution in [-0.2, 0) is 7.05 Å². The van der Waals surface area contributed by atoms with Crippen molar-refractivity contribution in [3.8, 4) is 0 Å². The Labute approximate surface area is 192 Å². The molecular formula is C24H23F5N4O. The van der Waals surface area contributed by atoms with E-state index in [-0.39, 0.29) is 35.6 Å². The lowest BCUT2D eigenvalue weighted by molar-refractivity contribution is -0.00608. The van der Waals surface area contributed by atoms with E-state index in [1.807, 2.05) is 0 Å². The highest BCUT2D eigenvalue weighted by Gasteiger charge is 2.32. The summed E-state index contributed by atoms with van der Waals surface area (Å²) in [5, 5.41) is 3.35. The van der Waals surface area contributed by atoms with Gasteiger partial charge >= 0.3 is 0 Å². The van der Waals surface area contributed by atoms with Crippen molar-refractivity contribution in [2.24, 2.45) is 7.05 Å². The van der Waals surface area contributed by atoms with Gasteiger partial charge in [-0.3, -0.25) is 4.79 Å². The summed E-state index contributed by atoms with van der Waals surface area (Å²) >= 11 is 0. The van der Waals surface area contributed by atoms with Gasteiger partial charge in [-0.2, -0.15) is 0 Å². The first-order valence-corrected chi connectivity index (χ1v) is 10.8. The van der Waals surface area contributed by atoms with E-state index in [9.17, 15) is 26.7 Å². The summed E-state index contributed by atoms with van der Waals surface area (Å²) in [7, 11) is 1.54. The maximum atomic E-state index is 14.7. The average Bonchev–Trinajstić information content (AvgIpc) is 2.76. The second kappa shape index (κ2) is 8.81. The van der Waals surface area contributed by atoms with Gasteiger partial charge in [0.2, 0.25) is 0 Å². The molecule has 0 unspecified atom stereocenters. The first-order chi connectivity index (χ1) is 16.0. The highest BCUT2D eigenvalue weighted by atomic mass is 19.3. The summed E-state index contributed by atoms with van der Waals surface area (Å²) in [5.41, 5.74) is 0.0649. The minimum absolute atomic E-state index is 0.0171. The second-order valence-corrected chi connectivity index (χ2v) is 8.48. The number of fused-ring (bicyclic) bond motifs is 1. The third-order valence-electron chi connectivity index (χ3n) is 6.06. The second-order valence-electron chi connectivity index (χ2n) is 8.48. The van der Waals surface area contributed by atoms with Crippen LogP contribution >= 0.6 is 0 Å². The third-order valence-corrected chi connectivity index (χ3v) is 6.06. The molecule has 1 aliphatic rings. The maximum absolute atomic E-state index is 14.7. The van der Waals surface area contributed by atoms with Gasteiger partial charge in [0.1, 0.15) is 23.0 Å². The van der Waals surface area contributed by atoms with Crippen molar-refractivity contribution >= 4 is 22.3 Å². The Bertz CT molecular complexity index is 1350. The van der Waals surface area contributed by atoms with Crippen LogP contribution in [0.2, 0.25) is 0 Å². The molecule has 2 aromatic heterocycles. The van der Waals surface area contributed by atoms with Crippen LogP contribution in [0.4, 0.5) is 27.8 Å². The predicted molar refractivity (Wildman–Crippen MR) is 120 cm³/mol. The van der Waals surface area contributed by atoms with Crippen molar-refractivity contribution in [3.63, 3.8) is 0 Å². The molecule has 0 fully saturated rings. The monoisotopic (exact) mass is 478 g/mol. The molecule has 0 aliphatic heterocycles. The fourth-order valence-electron chi connectivity index (χ4n) is 4.18. The SMILES string of the molecule is Cc1nc(N[C@H](C)c2cccc(C(F)F)c2F)c2cc(C3=CCC(F)(F)CC3)n(C)c(=O)c2n1. The number of aromatic nitrogens is 3. The number of rotatable bonds is 5. The molecule has 2 heterocycles. The summed E-state index contributed by atoms with van der Waals surface area (Å²) in [6.45, 7) is 3.18. The molecular weight excluding hydrogens is 455 g/mol. The largest absolute Gasteiger partial charge is 0.363 e. The van der Waals surface area contributed by atoms with Crippen LogP contribution in [0, 0.1) is 12.7 Å². The van der Waals surface area contributed by atoms with Crippen molar-refractivity contribution in [2.45, 2.75) is 51.5 Å². The molecule has 34 heavy (non-hydrogen) atoms. The summed E-state index contributed by atoms with van der Waals surface area (Å²) in [6, 6.07) is 4.65. The maximum Gasteiger partial charge on any atom is 0.277 e. The highest BCUT2D eigenvalue weighted by Crippen LogP contribution is 2.37. The van der Waals surface area contributed by atoms with Gasteiger partial charge in [-0.05, 0) is 31.9 Å². The lowest BCUT2D eigenvalue weighted by Gasteiger charge is -2.23. The van der Waals surface area contributed by atoms with Gasteiger partial charge in [0, 0.05) is 31.1 Å². The molecule has 0 bridgehead atoms. The summed E-state index contributed by atoms with van der Waals surface area (Å²) in [5.74, 6) is -3.29. The van der Waals surface area contributed by atoms with E-state index in [1.165, 1.54) is 22.8 Å². The topological polar surface area (TPSA) is 59.8 Å². The average molecular weight is 478 g/mol. The van der Waals surface area contributed by atoms with E-state index in [0.29, 0.717) is 16.7 Å². The van der Waals surface area contributed by atoms with Gasteiger partial charge < -0.3 is 9.88 Å². The number of halogens is 5. The van der Waals surface area contributed by atoms with Crippen LogP contribution < -0.4 is 10.9 Å². The van der Waals surface area contributed by atoms with Gasteiger partial charge in [-0.1, -0.05) is 24.3 Å². The molecule has 0 amide bonds. The van der Waals surface area contributed by atoms with Gasteiger partial charge in [0.25, 0.3) is 17.9 Å². The summed E-state index contributed by atoms with van der Waals surface area (Å²) < 4.78 is 69.6. The number of alkyl halides is 4. The van der Waals surface area contributed by atoms with Crippen LogP contribution in [0.3, 0.4) is 0 Å². The van der Waals surface area contributed by atoms with Crippen molar-refractivity contribution in [1.29, 1.82) is 0 Å². The van der Waals surface area contributed by atoms with E-state index in [2.05, 4.69) is 15.3 Å². The van der Waals surface area contributed by atoms with Crippen molar-refractivity contribution < 1.29 is 22.0 Å². The molecule has 0 spiro atoms. The summed E-state index contributed by atoms with van der Waals surface area (Å²) in [4.78, 5) is 21.7. The zero-order chi connectivity index (χ0) is 24.8. The first-order valence-electron chi connectivity index (χ1n) is 10.8. The number of benzene rings is 1. The Hall–Kier alpha value is -3.30. The number of allylic oxidation sites excluding steroid dienone is 2. The van der Waals surface area contributed by atoms with E-state index in [4.69, 9.17) is 0 Å². The Kier molecular flexibility index (Phi) is 6.18. The fraction of sp³-hybridized carbons (Fsp3) is 0.375. The molecule has 0 radical (unpaired) electrons. The molecule has 10 heteroatoms. The minimum Gasteiger partial charge on any atom is -0.363 e. The number of nitrogens with one attached hydrogen (secondary N) is 1. The van der Waals surface area contributed by atoms with Crippen molar-refractivity contribution in [2.75, 3.05) is 5.32 Å². The molecule has 1 N–H and O–H groups in total. The van der Waals surface area contributed by atoms with Crippen molar-refractivity contribution in [3.05, 3.63) is 69.2 Å². The molecule has 1 aliphatic carbocycles. The van der Waals surface area contributed by atoms with Crippen LogP contribution in [0.25, 0.3) is 16.5 Å². The number of anilines is 1. The predicted octanol–water partition coefficient (Wildman–Crippen LogP) is 6.09. The van der Waals surface area contributed by atoms with Crippen LogP contribution in [0.15, 0.2) is 35.1 Å². The zero-order valence-electron chi connectivity index (χ0n) is 18.8. The van der Waals surface area contributed by atoms with E-state index in [1.54, 1.807) is 27.0 Å². The van der Waals surface area contributed by atoms with E-state index >= 15 is 0 Å². The molecule has 1 aromatic carbocycles. The molecule has 1 atom stereocenters. The number of pyridine rings is 1. The summed E-state index contributed by atoms with van der Waals surface area (Å²) in [6.07, 6.45) is -2.17. The Balaban J connectivity index is 1.81. The Morgan fingerprint density at radius 3 is 2.53 bits per heavy atom. The number of aryl methyl sites for hydroxylation is 1. The van der Waals surface area contributed by atoms with Crippen LogP contribution in [0.5, 0.6) is 0 Å². The van der Waals surface area contributed by atoms with Gasteiger partial charge in [0.15, 0.2) is 0 Å². The third kappa shape index (κ3) is 4.41. The zero-order valence-corrected chi connectivity index (χ0v) is 18.8. The van der Waals surface area contributed by atoms with Gasteiger partial charge in [0.05, 0.1) is 17.0 Å².